The van der Waals surface area contributed by atoms with Gasteiger partial charge in [-0.05, 0) is 68.7 Å². The van der Waals surface area contributed by atoms with Crippen LogP contribution in [0.5, 0.6) is 5.75 Å². The number of sulfonamides is 1. The molecule has 1 fully saturated rings. The molecule has 0 unspecified atom stereocenters. The van der Waals surface area contributed by atoms with Crippen molar-refractivity contribution >= 4 is 44.8 Å². The smallest absolute Gasteiger partial charge is 0.265 e. The molecule has 2 atom stereocenters. The quantitative estimate of drug-likeness (QED) is 0.702. The third kappa shape index (κ3) is 4.46. The van der Waals surface area contributed by atoms with E-state index in [4.69, 9.17) is 16.3 Å². The number of hydrogen-bond donors (Lipinski definition) is 2. The summed E-state index contributed by atoms with van der Waals surface area (Å²) in [6.07, 6.45) is 0.519. The Kier molecular flexibility index (Phi) is 6.15. The van der Waals surface area contributed by atoms with E-state index in [1.165, 1.54) is 22.5 Å². The molecule has 0 spiro atoms. The Balaban J connectivity index is 1.50. The Labute approximate surface area is 191 Å². The maximum absolute atomic E-state index is 13.3. The minimum atomic E-state index is -3.85. The second-order valence-electron chi connectivity index (χ2n) is 8.06. The van der Waals surface area contributed by atoms with Crippen molar-refractivity contribution in [2.75, 3.05) is 23.7 Å². The topological polar surface area (TPSA) is 105 Å². The van der Waals surface area contributed by atoms with Crippen molar-refractivity contribution in [2.45, 2.75) is 37.7 Å². The molecule has 10 heteroatoms. The van der Waals surface area contributed by atoms with Gasteiger partial charge in [0.25, 0.3) is 5.91 Å². The van der Waals surface area contributed by atoms with E-state index >= 15 is 0 Å². The monoisotopic (exact) mass is 477 g/mol. The van der Waals surface area contributed by atoms with Crippen molar-refractivity contribution in [3.8, 4) is 5.75 Å². The maximum atomic E-state index is 13.3. The number of amides is 2. The van der Waals surface area contributed by atoms with Crippen LogP contribution in [0.3, 0.4) is 0 Å². The van der Waals surface area contributed by atoms with Crippen LogP contribution < -0.4 is 15.4 Å². The highest BCUT2D eigenvalue weighted by molar-refractivity contribution is 7.89. The van der Waals surface area contributed by atoms with Gasteiger partial charge in [0.15, 0.2) is 6.10 Å². The molecule has 4 rings (SSSR count). The van der Waals surface area contributed by atoms with Crippen molar-refractivity contribution in [1.82, 2.24) is 4.31 Å². The molecule has 0 aliphatic carbocycles. The summed E-state index contributed by atoms with van der Waals surface area (Å²) in [5.41, 5.74) is 1.80. The first-order valence-corrected chi connectivity index (χ1v) is 12.2. The molecule has 1 saturated heterocycles. The summed E-state index contributed by atoms with van der Waals surface area (Å²) in [5, 5.41) is 6.13. The predicted octanol–water partition coefficient (Wildman–Crippen LogP) is 3.41. The van der Waals surface area contributed by atoms with Crippen molar-refractivity contribution in [2.24, 2.45) is 5.92 Å². The van der Waals surface area contributed by atoms with Crippen molar-refractivity contribution < 1.29 is 22.7 Å². The molecule has 2 aliphatic heterocycles. The lowest BCUT2D eigenvalue weighted by molar-refractivity contribution is -0.123. The molecule has 0 radical (unpaired) electrons. The largest absolute Gasteiger partial charge is 0.479 e. The van der Waals surface area contributed by atoms with Gasteiger partial charge in [0.2, 0.25) is 15.9 Å². The van der Waals surface area contributed by atoms with Gasteiger partial charge in [0.05, 0.1) is 16.5 Å². The van der Waals surface area contributed by atoms with E-state index in [0.29, 0.717) is 41.5 Å². The maximum Gasteiger partial charge on any atom is 0.265 e. The first kappa shape index (κ1) is 22.6. The molecule has 32 heavy (non-hydrogen) atoms. The number of aryl methyl sites for hydroxylation is 1. The third-order valence-corrected chi connectivity index (χ3v) is 7.82. The van der Waals surface area contributed by atoms with E-state index < -0.39 is 22.0 Å². The summed E-state index contributed by atoms with van der Waals surface area (Å²) in [5.74, 6) is -0.616. The zero-order valence-electron chi connectivity index (χ0n) is 17.7. The number of halogens is 1. The van der Waals surface area contributed by atoms with E-state index in [1.807, 2.05) is 6.92 Å². The molecule has 2 heterocycles. The number of rotatable bonds is 4. The van der Waals surface area contributed by atoms with Gasteiger partial charge in [-0.25, -0.2) is 8.42 Å². The van der Waals surface area contributed by atoms with Crippen LogP contribution in [0.1, 0.15) is 25.3 Å². The molecular weight excluding hydrogens is 454 g/mol. The second-order valence-corrected chi connectivity index (χ2v) is 10.4. The standard InChI is InChI=1S/C22H24ClN3O5S/c1-13-10-16(23)5-7-18(13)24-22(28)15-4-3-9-26(12-15)32(29,30)17-6-8-20-19(11-17)25-21(27)14(2)31-20/h5-8,10-11,14-15H,3-4,9,12H2,1-2H3,(H,24,28)(H,25,27)/t14-,15+/m0/s1. The van der Waals surface area contributed by atoms with Crippen LogP contribution in [-0.2, 0) is 19.6 Å². The number of nitrogens with zero attached hydrogens (tertiary/aromatic N) is 1. The lowest BCUT2D eigenvalue weighted by Crippen LogP contribution is -2.43. The molecular formula is C22H24ClN3O5S. The average Bonchev–Trinajstić information content (AvgIpc) is 2.76. The summed E-state index contributed by atoms with van der Waals surface area (Å²) in [7, 11) is -3.85. The molecule has 2 aliphatic rings. The molecule has 0 bridgehead atoms. The normalized spacial score (nSPS) is 21.3. The highest BCUT2D eigenvalue weighted by Crippen LogP contribution is 2.34. The Hall–Kier alpha value is -2.62. The van der Waals surface area contributed by atoms with Crippen LogP contribution in [0, 0.1) is 12.8 Å². The van der Waals surface area contributed by atoms with Crippen molar-refractivity contribution in [3.05, 3.63) is 47.0 Å². The molecule has 0 aromatic heterocycles. The van der Waals surface area contributed by atoms with E-state index in [1.54, 1.807) is 25.1 Å². The summed E-state index contributed by atoms with van der Waals surface area (Å²) in [6.45, 7) is 3.87. The Morgan fingerprint density at radius 2 is 2.03 bits per heavy atom. The SMILES string of the molecule is Cc1cc(Cl)ccc1NC(=O)[C@@H]1CCCN(S(=O)(=O)c2ccc3c(c2)NC(=O)[C@H](C)O3)C1. The van der Waals surface area contributed by atoms with Crippen molar-refractivity contribution in [1.29, 1.82) is 0 Å². The van der Waals surface area contributed by atoms with Gasteiger partial charge >= 0.3 is 0 Å². The van der Waals surface area contributed by atoms with E-state index in [-0.39, 0.29) is 23.3 Å². The van der Waals surface area contributed by atoms with Crippen molar-refractivity contribution in [3.63, 3.8) is 0 Å². The predicted molar refractivity (Wildman–Crippen MR) is 121 cm³/mol. The van der Waals surface area contributed by atoms with E-state index in [9.17, 15) is 18.0 Å². The number of carbonyl (C=O) groups excluding carboxylic acids is 2. The Bertz CT molecular complexity index is 1180. The van der Waals surface area contributed by atoms with Crippen LogP contribution in [-0.4, -0.2) is 43.7 Å². The zero-order chi connectivity index (χ0) is 23.0. The number of anilines is 2. The molecule has 2 N–H and O–H groups in total. The number of carbonyl (C=O) groups is 2. The minimum absolute atomic E-state index is 0.0457. The number of benzene rings is 2. The van der Waals surface area contributed by atoms with Gasteiger partial charge < -0.3 is 15.4 Å². The molecule has 2 amide bonds. The third-order valence-electron chi connectivity index (χ3n) is 5.72. The van der Waals surface area contributed by atoms with Gasteiger partial charge in [-0.15, -0.1) is 0 Å². The van der Waals surface area contributed by atoms with Crippen LogP contribution in [0.4, 0.5) is 11.4 Å². The molecule has 2 aromatic rings. The second kappa shape index (κ2) is 8.73. The van der Waals surface area contributed by atoms with Gasteiger partial charge in [0.1, 0.15) is 5.75 Å². The van der Waals surface area contributed by atoms with Gasteiger partial charge in [-0.1, -0.05) is 11.6 Å². The van der Waals surface area contributed by atoms with Crippen LogP contribution >= 0.6 is 11.6 Å². The number of ether oxygens (including phenoxy) is 1. The lowest BCUT2D eigenvalue weighted by Gasteiger charge is -2.31. The minimum Gasteiger partial charge on any atom is -0.479 e. The summed E-state index contributed by atoms with van der Waals surface area (Å²) in [6, 6.07) is 9.58. The lowest BCUT2D eigenvalue weighted by atomic mass is 9.98. The first-order valence-electron chi connectivity index (χ1n) is 10.3. The molecule has 170 valence electrons. The Morgan fingerprint density at radius 3 is 2.78 bits per heavy atom. The number of piperidine rings is 1. The van der Waals surface area contributed by atoms with E-state index in [0.717, 1.165) is 5.56 Å². The van der Waals surface area contributed by atoms with Gasteiger partial charge in [-0.3, -0.25) is 9.59 Å². The zero-order valence-corrected chi connectivity index (χ0v) is 19.3. The molecule has 0 saturated carbocycles. The summed E-state index contributed by atoms with van der Waals surface area (Å²) in [4.78, 5) is 24.8. The highest BCUT2D eigenvalue weighted by Gasteiger charge is 2.34. The van der Waals surface area contributed by atoms with E-state index in [2.05, 4.69) is 10.6 Å². The first-order chi connectivity index (χ1) is 15.1. The van der Waals surface area contributed by atoms with Crippen LogP contribution in [0.15, 0.2) is 41.3 Å². The highest BCUT2D eigenvalue weighted by atomic mass is 35.5. The fraction of sp³-hybridized carbons (Fsp3) is 0.364. The Morgan fingerprint density at radius 1 is 1.25 bits per heavy atom. The van der Waals surface area contributed by atoms with Crippen LogP contribution in [0.25, 0.3) is 0 Å². The molecule has 2 aromatic carbocycles. The average molecular weight is 478 g/mol. The number of fused-ring (bicyclic) bond motifs is 1. The van der Waals surface area contributed by atoms with Crippen LogP contribution in [0.2, 0.25) is 5.02 Å². The fourth-order valence-corrected chi connectivity index (χ4v) is 5.65. The van der Waals surface area contributed by atoms with Gasteiger partial charge in [0, 0.05) is 23.8 Å². The summed E-state index contributed by atoms with van der Waals surface area (Å²) >= 11 is 5.97. The summed E-state index contributed by atoms with van der Waals surface area (Å²) < 4.78 is 33.3. The van der Waals surface area contributed by atoms with Gasteiger partial charge in [-0.2, -0.15) is 4.31 Å². The number of hydrogen-bond acceptors (Lipinski definition) is 5. The fourth-order valence-electron chi connectivity index (χ4n) is 3.87. The number of nitrogens with one attached hydrogen (secondary N) is 2. The molecule has 8 nitrogen and oxygen atoms in total.